The summed E-state index contributed by atoms with van der Waals surface area (Å²) in [6, 6.07) is 0. The van der Waals surface area contributed by atoms with Crippen LogP contribution in [0.3, 0.4) is 0 Å². The Labute approximate surface area is 441 Å². The van der Waals surface area contributed by atoms with Crippen molar-refractivity contribution in [3.63, 3.8) is 0 Å². The Hall–Kier alpha value is -2.63. The van der Waals surface area contributed by atoms with E-state index in [1.807, 2.05) is 0 Å². The van der Waals surface area contributed by atoms with Crippen molar-refractivity contribution in [2.75, 3.05) is 13.2 Å². The number of carbonyl (C=O) groups excluding carboxylic acids is 3. The lowest BCUT2D eigenvalue weighted by atomic mass is 10.0. The molecule has 6 nitrogen and oxygen atoms in total. The van der Waals surface area contributed by atoms with E-state index in [-0.39, 0.29) is 31.1 Å². The number of esters is 3. The second kappa shape index (κ2) is 59.9. The van der Waals surface area contributed by atoms with E-state index in [0.29, 0.717) is 19.3 Å². The zero-order valence-electron chi connectivity index (χ0n) is 47.5. The summed E-state index contributed by atoms with van der Waals surface area (Å²) in [4.78, 5) is 38.3. The SMILES string of the molecule is CCCCCCC/C=C\C/C=C\C/C=C\CCCCCCCCC(=O)OCC(COC(=O)CCCCCCC/C=C\CCCCCCCC)OC(=O)CCCCCCCCCCCCCCCCCCC. The molecule has 414 valence electrons. The highest BCUT2D eigenvalue weighted by molar-refractivity contribution is 5.71. The monoisotopic (exact) mass is 995 g/mol. The van der Waals surface area contributed by atoms with Crippen molar-refractivity contribution >= 4 is 17.9 Å². The van der Waals surface area contributed by atoms with Gasteiger partial charge in [0.1, 0.15) is 13.2 Å². The van der Waals surface area contributed by atoms with Gasteiger partial charge in [0.2, 0.25) is 0 Å². The summed E-state index contributed by atoms with van der Waals surface area (Å²) in [5.41, 5.74) is 0. The van der Waals surface area contributed by atoms with Gasteiger partial charge < -0.3 is 14.2 Å². The molecule has 0 aromatic rings. The highest BCUT2D eigenvalue weighted by Crippen LogP contribution is 2.17. The van der Waals surface area contributed by atoms with E-state index in [0.717, 1.165) is 83.5 Å². The highest BCUT2D eigenvalue weighted by atomic mass is 16.6. The van der Waals surface area contributed by atoms with Crippen LogP contribution in [0.25, 0.3) is 0 Å². The first-order chi connectivity index (χ1) is 35.0. The number of ether oxygens (including phenoxy) is 3. The molecule has 0 aliphatic rings. The van der Waals surface area contributed by atoms with Crippen molar-refractivity contribution in [2.24, 2.45) is 0 Å². The first kappa shape index (κ1) is 68.4. The fourth-order valence-electron chi connectivity index (χ4n) is 9.09. The second-order valence-electron chi connectivity index (χ2n) is 21.0. The van der Waals surface area contributed by atoms with Gasteiger partial charge in [0.15, 0.2) is 6.10 Å². The van der Waals surface area contributed by atoms with Crippen molar-refractivity contribution in [3.05, 3.63) is 48.6 Å². The summed E-state index contributed by atoms with van der Waals surface area (Å²) in [6.07, 6.45) is 73.9. The van der Waals surface area contributed by atoms with Crippen molar-refractivity contribution < 1.29 is 28.6 Å². The molecule has 6 heteroatoms. The van der Waals surface area contributed by atoms with Crippen LogP contribution in [0, 0.1) is 0 Å². The lowest BCUT2D eigenvalue weighted by molar-refractivity contribution is -0.167. The highest BCUT2D eigenvalue weighted by Gasteiger charge is 2.19. The van der Waals surface area contributed by atoms with Gasteiger partial charge in [-0.2, -0.15) is 0 Å². The Balaban J connectivity index is 4.37. The molecular formula is C65H118O6. The Kier molecular flexibility index (Phi) is 57.7. The molecule has 0 heterocycles. The molecule has 1 atom stereocenters. The number of carbonyl (C=O) groups is 3. The number of unbranched alkanes of at least 4 members (excludes halogenated alkanes) is 38. The van der Waals surface area contributed by atoms with Gasteiger partial charge >= 0.3 is 17.9 Å². The standard InChI is InChI=1S/C65H118O6/c1-4-7-10-13-16-19-22-25-28-30-31-32-33-35-37-40-43-46-49-52-55-58-64(67)70-61-62(60-69-63(66)57-54-51-48-45-42-39-36-27-24-21-18-15-12-9-6-3)71-65(68)59-56-53-50-47-44-41-38-34-29-26-23-20-17-14-11-8-5-2/h22,25,27,30-31,33,35-36,62H,4-21,23-24,26,28-29,32,34,37-61H2,1-3H3/b25-22-,31-30-,35-33-,36-27-. The van der Waals surface area contributed by atoms with E-state index in [2.05, 4.69) is 69.4 Å². The molecule has 0 fully saturated rings. The lowest BCUT2D eigenvalue weighted by Gasteiger charge is -2.18. The van der Waals surface area contributed by atoms with Crippen molar-refractivity contribution in [3.8, 4) is 0 Å². The van der Waals surface area contributed by atoms with Crippen molar-refractivity contribution in [2.45, 2.75) is 335 Å². The fourth-order valence-corrected chi connectivity index (χ4v) is 9.09. The van der Waals surface area contributed by atoms with E-state index in [1.165, 1.54) is 205 Å². The van der Waals surface area contributed by atoms with Gasteiger partial charge in [0.25, 0.3) is 0 Å². The van der Waals surface area contributed by atoms with E-state index in [4.69, 9.17) is 14.2 Å². The normalized spacial score (nSPS) is 12.3. The van der Waals surface area contributed by atoms with Crippen LogP contribution in [0.15, 0.2) is 48.6 Å². The first-order valence-electron chi connectivity index (χ1n) is 31.1. The summed E-state index contributed by atoms with van der Waals surface area (Å²) >= 11 is 0. The molecule has 0 N–H and O–H groups in total. The topological polar surface area (TPSA) is 78.9 Å². The number of allylic oxidation sites excluding steroid dienone is 8. The predicted molar refractivity (Wildman–Crippen MR) is 307 cm³/mol. The van der Waals surface area contributed by atoms with E-state index in [1.54, 1.807) is 0 Å². The number of hydrogen-bond donors (Lipinski definition) is 0. The second-order valence-corrected chi connectivity index (χ2v) is 21.0. The van der Waals surface area contributed by atoms with Crippen LogP contribution < -0.4 is 0 Å². The third kappa shape index (κ3) is 58.1. The summed E-state index contributed by atoms with van der Waals surface area (Å²) in [6.45, 7) is 6.65. The van der Waals surface area contributed by atoms with Crippen molar-refractivity contribution in [1.29, 1.82) is 0 Å². The van der Waals surface area contributed by atoms with Gasteiger partial charge in [-0.1, -0.05) is 275 Å². The first-order valence-corrected chi connectivity index (χ1v) is 31.1. The molecule has 0 radical (unpaired) electrons. The number of hydrogen-bond acceptors (Lipinski definition) is 6. The minimum Gasteiger partial charge on any atom is -0.462 e. The van der Waals surface area contributed by atoms with Crippen LogP contribution in [-0.4, -0.2) is 37.2 Å². The van der Waals surface area contributed by atoms with Crippen LogP contribution in [-0.2, 0) is 28.6 Å². The van der Waals surface area contributed by atoms with Crippen LogP contribution in [0.1, 0.15) is 329 Å². The van der Waals surface area contributed by atoms with Gasteiger partial charge in [-0.3, -0.25) is 14.4 Å². The summed E-state index contributed by atoms with van der Waals surface area (Å²) in [5.74, 6) is -0.879. The summed E-state index contributed by atoms with van der Waals surface area (Å²) < 4.78 is 16.9. The maximum Gasteiger partial charge on any atom is 0.306 e. The van der Waals surface area contributed by atoms with Gasteiger partial charge in [0.05, 0.1) is 0 Å². The van der Waals surface area contributed by atoms with E-state index in [9.17, 15) is 14.4 Å². The molecule has 71 heavy (non-hydrogen) atoms. The third-order valence-corrected chi connectivity index (χ3v) is 13.8. The van der Waals surface area contributed by atoms with Gasteiger partial charge in [-0.05, 0) is 83.5 Å². The van der Waals surface area contributed by atoms with E-state index < -0.39 is 6.10 Å². The molecule has 0 aliphatic heterocycles. The lowest BCUT2D eigenvalue weighted by Crippen LogP contribution is -2.30. The Morgan fingerprint density at radius 2 is 0.507 bits per heavy atom. The van der Waals surface area contributed by atoms with Crippen LogP contribution in [0.4, 0.5) is 0 Å². The molecular weight excluding hydrogens is 877 g/mol. The molecule has 0 bridgehead atoms. The average molecular weight is 996 g/mol. The molecule has 0 aromatic carbocycles. The Morgan fingerprint density at radius 1 is 0.282 bits per heavy atom. The predicted octanol–water partition coefficient (Wildman–Crippen LogP) is 21.0. The third-order valence-electron chi connectivity index (χ3n) is 13.8. The van der Waals surface area contributed by atoms with Gasteiger partial charge in [0, 0.05) is 19.3 Å². The maximum absolute atomic E-state index is 12.9. The molecule has 0 saturated carbocycles. The smallest absolute Gasteiger partial charge is 0.306 e. The molecule has 0 aliphatic carbocycles. The largest absolute Gasteiger partial charge is 0.462 e. The van der Waals surface area contributed by atoms with E-state index >= 15 is 0 Å². The summed E-state index contributed by atoms with van der Waals surface area (Å²) in [5, 5.41) is 0. The fraction of sp³-hybridized carbons (Fsp3) is 0.831. The molecule has 0 spiro atoms. The zero-order chi connectivity index (χ0) is 51.4. The van der Waals surface area contributed by atoms with Crippen LogP contribution >= 0.6 is 0 Å². The average Bonchev–Trinajstić information content (AvgIpc) is 3.37. The molecule has 0 amide bonds. The molecule has 0 rings (SSSR count). The van der Waals surface area contributed by atoms with Crippen molar-refractivity contribution in [1.82, 2.24) is 0 Å². The quantitative estimate of drug-likeness (QED) is 0.0261. The van der Waals surface area contributed by atoms with Gasteiger partial charge in [-0.25, -0.2) is 0 Å². The molecule has 0 saturated heterocycles. The Bertz CT molecular complexity index is 1230. The van der Waals surface area contributed by atoms with Crippen LogP contribution in [0.2, 0.25) is 0 Å². The van der Waals surface area contributed by atoms with Gasteiger partial charge in [-0.15, -0.1) is 0 Å². The molecule has 1 unspecified atom stereocenters. The summed E-state index contributed by atoms with van der Waals surface area (Å²) in [7, 11) is 0. The maximum atomic E-state index is 12.9. The van der Waals surface area contributed by atoms with Crippen LogP contribution in [0.5, 0.6) is 0 Å². The molecule has 0 aromatic heterocycles. The zero-order valence-corrected chi connectivity index (χ0v) is 47.5. The minimum atomic E-state index is -0.780. The number of rotatable bonds is 57. The minimum absolute atomic E-state index is 0.0786. The Morgan fingerprint density at radius 3 is 0.803 bits per heavy atom.